The number of carbonyl (C=O) groups is 2. The number of rotatable bonds is 7. The molecule has 0 bridgehead atoms. The number of hydrogen-bond donors (Lipinski definition) is 0. The van der Waals surface area contributed by atoms with Crippen LogP contribution in [-0.2, 0) is 4.79 Å². The first kappa shape index (κ1) is 14.4. The molecule has 0 amide bonds. The summed E-state index contributed by atoms with van der Waals surface area (Å²) in [5, 5.41) is 0. The monoisotopic (exact) mass is 280 g/mol. The minimum atomic E-state index is -2.92. The predicted octanol–water partition coefficient (Wildman–Crippen LogP) is 3.05. The van der Waals surface area contributed by atoms with Crippen molar-refractivity contribution in [3.05, 3.63) is 42.5 Å². The highest BCUT2D eigenvalue weighted by Crippen LogP contribution is 2.49. The molecule has 1 atom stereocenters. The van der Waals surface area contributed by atoms with Gasteiger partial charge in [-0.15, -0.1) is 0 Å². The molecule has 1 fully saturated rings. The fourth-order valence-corrected chi connectivity index (χ4v) is 1.84. The van der Waals surface area contributed by atoms with Crippen molar-refractivity contribution in [3.8, 4) is 5.75 Å². The molecule has 0 aliphatic heterocycles. The molecule has 0 aromatic heterocycles. The SMILES string of the molecule is C=CCOc1ccc(C(=O)CC(=O)[C@H]2CC2(F)F)cc1. The molecule has 5 heteroatoms. The van der Waals surface area contributed by atoms with E-state index in [1.807, 2.05) is 0 Å². The molecule has 1 aromatic rings. The van der Waals surface area contributed by atoms with Crippen LogP contribution in [0.3, 0.4) is 0 Å². The number of Topliss-reactive ketones (excluding diaryl/α,β-unsaturated/α-hetero) is 2. The molecule has 0 unspecified atom stereocenters. The van der Waals surface area contributed by atoms with Crippen LogP contribution in [0, 0.1) is 5.92 Å². The van der Waals surface area contributed by atoms with E-state index in [0.717, 1.165) is 0 Å². The molecule has 1 aliphatic rings. The lowest BCUT2D eigenvalue weighted by molar-refractivity contribution is -0.121. The zero-order chi connectivity index (χ0) is 14.8. The standard InChI is InChI=1S/C15H14F2O3/c1-2-7-20-11-5-3-10(4-6-11)13(18)8-14(19)12-9-15(12,16)17/h2-6,12H,1,7-9H2/t12-/m1/s1. The maximum absolute atomic E-state index is 12.7. The lowest BCUT2D eigenvalue weighted by atomic mass is 10.0. The van der Waals surface area contributed by atoms with E-state index in [0.29, 0.717) is 17.9 Å². The van der Waals surface area contributed by atoms with Gasteiger partial charge in [0.15, 0.2) is 5.78 Å². The van der Waals surface area contributed by atoms with Crippen molar-refractivity contribution in [1.82, 2.24) is 0 Å². The Hall–Kier alpha value is -2.04. The van der Waals surface area contributed by atoms with Gasteiger partial charge in [0.2, 0.25) is 0 Å². The third kappa shape index (κ3) is 3.29. The zero-order valence-corrected chi connectivity index (χ0v) is 10.8. The Bertz CT molecular complexity index is 535. The van der Waals surface area contributed by atoms with Crippen LogP contribution in [0.5, 0.6) is 5.75 Å². The van der Waals surface area contributed by atoms with Crippen molar-refractivity contribution in [1.29, 1.82) is 0 Å². The van der Waals surface area contributed by atoms with Gasteiger partial charge in [0.05, 0.1) is 12.3 Å². The zero-order valence-electron chi connectivity index (χ0n) is 10.8. The second-order valence-electron chi connectivity index (χ2n) is 4.71. The Kier molecular flexibility index (Phi) is 3.97. The van der Waals surface area contributed by atoms with Crippen molar-refractivity contribution >= 4 is 11.6 Å². The number of carbonyl (C=O) groups excluding carboxylic acids is 2. The Labute approximate surface area is 115 Å². The predicted molar refractivity (Wildman–Crippen MR) is 69.1 cm³/mol. The number of hydrogen-bond acceptors (Lipinski definition) is 3. The molecular formula is C15H14F2O3. The van der Waals surface area contributed by atoms with E-state index >= 15 is 0 Å². The van der Waals surface area contributed by atoms with Crippen molar-refractivity contribution < 1.29 is 23.1 Å². The van der Waals surface area contributed by atoms with Gasteiger partial charge in [-0.3, -0.25) is 9.59 Å². The normalized spacial score (nSPS) is 19.2. The molecular weight excluding hydrogens is 266 g/mol. The van der Waals surface area contributed by atoms with Gasteiger partial charge in [0.1, 0.15) is 18.1 Å². The second kappa shape index (κ2) is 5.53. The fourth-order valence-electron chi connectivity index (χ4n) is 1.84. The van der Waals surface area contributed by atoms with E-state index in [1.54, 1.807) is 18.2 Å². The maximum Gasteiger partial charge on any atom is 0.258 e. The second-order valence-corrected chi connectivity index (χ2v) is 4.71. The molecule has 3 nitrogen and oxygen atoms in total. The van der Waals surface area contributed by atoms with Crippen molar-refractivity contribution in [3.63, 3.8) is 0 Å². The van der Waals surface area contributed by atoms with Crippen LogP contribution >= 0.6 is 0 Å². The van der Waals surface area contributed by atoms with Crippen molar-refractivity contribution in [2.24, 2.45) is 5.92 Å². The summed E-state index contributed by atoms with van der Waals surface area (Å²) in [5.41, 5.74) is 0.313. The van der Waals surface area contributed by atoms with Crippen LogP contribution < -0.4 is 4.74 Å². The first-order valence-corrected chi connectivity index (χ1v) is 6.21. The minimum absolute atomic E-state index is 0.313. The van der Waals surface area contributed by atoms with E-state index in [2.05, 4.69) is 6.58 Å². The summed E-state index contributed by atoms with van der Waals surface area (Å²) >= 11 is 0. The molecule has 0 N–H and O–H groups in total. The Morgan fingerprint density at radius 2 is 1.95 bits per heavy atom. The molecule has 2 rings (SSSR count). The number of halogens is 2. The van der Waals surface area contributed by atoms with Crippen LogP contribution in [-0.4, -0.2) is 24.1 Å². The van der Waals surface area contributed by atoms with Gasteiger partial charge in [-0.1, -0.05) is 12.7 Å². The van der Waals surface area contributed by atoms with E-state index in [4.69, 9.17) is 4.74 Å². The Morgan fingerprint density at radius 3 is 2.45 bits per heavy atom. The minimum Gasteiger partial charge on any atom is -0.490 e. The van der Waals surface area contributed by atoms with Gasteiger partial charge in [0, 0.05) is 12.0 Å². The maximum atomic E-state index is 12.7. The van der Waals surface area contributed by atoms with Crippen LogP contribution in [0.1, 0.15) is 23.2 Å². The lowest BCUT2D eigenvalue weighted by Gasteiger charge is -2.04. The van der Waals surface area contributed by atoms with E-state index < -0.39 is 36.2 Å². The number of ether oxygens (including phenoxy) is 1. The third-order valence-corrected chi connectivity index (χ3v) is 3.09. The van der Waals surface area contributed by atoms with Gasteiger partial charge in [-0.25, -0.2) is 8.78 Å². The topological polar surface area (TPSA) is 43.4 Å². The summed E-state index contributed by atoms with van der Waals surface area (Å²) in [5.74, 6) is -4.76. The average molecular weight is 280 g/mol. The molecule has 106 valence electrons. The lowest BCUT2D eigenvalue weighted by Crippen LogP contribution is -2.13. The molecule has 0 heterocycles. The van der Waals surface area contributed by atoms with E-state index in [-0.39, 0.29) is 0 Å². The van der Waals surface area contributed by atoms with Crippen LogP contribution in [0.4, 0.5) is 8.78 Å². The summed E-state index contributed by atoms with van der Waals surface area (Å²) < 4.78 is 30.7. The smallest absolute Gasteiger partial charge is 0.258 e. The molecule has 0 radical (unpaired) electrons. The van der Waals surface area contributed by atoms with Crippen LogP contribution in [0.25, 0.3) is 0 Å². The Morgan fingerprint density at radius 1 is 1.35 bits per heavy atom. The average Bonchev–Trinajstić information content (AvgIpc) is 3.06. The highest BCUT2D eigenvalue weighted by molar-refractivity contribution is 6.09. The molecule has 1 aromatic carbocycles. The summed E-state index contributed by atoms with van der Waals surface area (Å²) in [6, 6.07) is 6.21. The third-order valence-electron chi connectivity index (χ3n) is 3.09. The van der Waals surface area contributed by atoms with Gasteiger partial charge in [0.25, 0.3) is 5.92 Å². The van der Waals surface area contributed by atoms with Crippen LogP contribution in [0.2, 0.25) is 0 Å². The largest absolute Gasteiger partial charge is 0.490 e. The highest BCUT2D eigenvalue weighted by Gasteiger charge is 2.60. The van der Waals surface area contributed by atoms with E-state index in [9.17, 15) is 18.4 Å². The van der Waals surface area contributed by atoms with Crippen molar-refractivity contribution in [2.45, 2.75) is 18.8 Å². The molecule has 20 heavy (non-hydrogen) atoms. The fraction of sp³-hybridized carbons (Fsp3) is 0.333. The summed E-state index contributed by atoms with van der Waals surface area (Å²) in [4.78, 5) is 23.3. The quantitative estimate of drug-likeness (QED) is 0.438. The number of benzene rings is 1. The first-order valence-electron chi connectivity index (χ1n) is 6.21. The summed E-state index contributed by atoms with van der Waals surface area (Å²) in [6.45, 7) is 3.86. The van der Waals surface area contributed by atoms with Crippen LogP contribution in [0.15, 0.2) is 36.9 Å². The first-order chi connectivity index (χ1) is 9.44. The van der Waals surface area contributed by atoms with E-state index in [1.165, 1.54) is 12.1 Å². The van der Waals surface area contributed by atoms with Crippen molar-refractivity contribution in [2.75, 3.05) is 6.61 Å². The molecule has 0 saturated heterocycles. The molecule has 0 spiro atoms. The highest BCUT2D eigenvalue weighted by atomic mass is 19.3. The van der Waals surface area contributed by atoms with Gasteiger partial charge in [-0.2, -0.15) is 0 Å². The van der Waals surface area contributed by atoms with Gasteiger partial charge >= 0.3 is 0 Å². The summed E-state index contributed by atoms with van der Waals surface area (Å²) in [7, 11) is 0. The van der Waals surface area contributed by atoms with Gasteiger partial charge in [-0.05, 0) is 24.3 Å². The summed E-state index contributed by atoms with van der Waals surface area (Å²) in [6.07, 6.45) is 0.675. The number of ketones is 2. The number of alkyl halides is 2. The molecule has 1 aliphatic carbocycles. The molecule has 1 saturated carbocycles. The Balaban J connectivity index is 1.92. The van der Waals surface area contributed by atoms with Gasteiger partial charge < -0.3 is 4.74 Å².